The lowest BCUT2D eigenvalue weighted by molar-refractivity contribution is 0.0924. The summed E-state index contributed by atoms with van der Waals surface area (Å²) in [7, 11) is 2.01. The van der Waals surface area contributed by atoms with E-state index in [-0.39, 0.29) is 5.91 Å². The molecule has 1 aromatic rings. The number of amides is 1. The van der Waals surface area contributed by atoms with Gasteiger partial charge in [0, 0.05) is 22.1 Å². The van der Waals surface area contributed by atoms with Gasteiger partial charge in [0.2, 0.25) is 0 Å². The summed E-state index contributed by atoms with van der Waals surface area (Å²) >= 11 is 3.47. The first-order valence-corrected chi connectivity index (χ1v) is 7.63. The summed E-state index contributed by atoms with van der Waals surface area (Å²) in [6.07, 6.45) is 4.40. The van der Waals surface area contributed by atoms with E-state index < -0.39 is 0 Å². The summed E-state index contributed by atoms with van der Waals surface area (Å²) in [5, 5.41) is 6.44. The van der Waals surface area contributed by atoms with Gasteiger partial charge in [-0.2, -0.15) is 0 Å². The summed E-state index contributed by atoms with van der Waals surface area (Å²) < 4.78 is 0.985. The van der Waals surface area contributed by atoms with Gasteiger partial charge < -0.3 is 10.6 Å². The molecule has 1 aliphatic carbocycles. The Labute approximate surface area is 123 Å². The number of aryl methyl sites for hydroxylation is 1. The molecule has 3 nitrogen and oxygen atoms in total. The number of carbonyl (C=O) groups excluding carboxylic acids is 1. The van der Waals surface area contributed by atoms with Crippen LogP contribution in [0, 0.1) is 6.92 Å². The first-order chi connectivity index (χ1) is 9.10. The SMILES string of the molecule is CNC1CCC(NC(=O)c2ccc(C)c(Br)c2)CC1. The zero-order valence-electron chi connectivity index (χ0n) is 11.5. The number of nitrogens with one attached hydrogen (secondary N) is 2. The third kappa shape index (κ3) is 3.80. The second-order valence-corrected chi connectivity index (χ2v) is 6.13. The van der Waals surface area contributed by atoms with Crippen LogP contribution in [0.1, 0.15) is 41.6 Å². The Kier molecular flexibility index (Phi) is 4.99. The predicted octanol–water partition coefficient (Wildman–Crippen LogP) is 3.02. The van der Waals surface area contributed by atoms with Crippen LogP contribution in [0.4, 0.5) is 0 Å². The van der Waals surface area contributed by atoms with Crippen molar-refractivity contribution in [2.45, 2.75) is 44.7 Å². The van der Waals surface area contributed by atoms with E-state index in [2.05, 4.69) is 26.6 Å². The molecule has 1 amide bonds. The number of rotatable bonds is 3. The number of benzene rings is 1. The second-order valence-electron chi connectivity index (χ2n) is 5.27. The Morgan fingerprint density at radius 3 is 2.42 bits per heavy atom. The fourth-order valence-corrected chi connectivity index (χ4v) is 2.91. The molecule has 0 aliphatic heterocycles. The number of hydrogen-bond donors (Lipinski definition) is 2. The van der Waals surface area contributed by atoms with Crippen LogP contribution in [0.15, 0.2) is 22.7 Å². The van der Waals surface area contributed by atoms with E-state index in [1.807, 2.05) is 32.2 Å². The summed E-state index contributed by atoms with van der Waals surface area (Å²) in [6, 6.07) is 6.67. The van der Waals surface area contributed by atoms with Crippen molar-refractivity contribution in [3.63, 3.8) is 0 Å². The maximum absolute atomic E-state index is 12.2. The molecule has 1 aliphatic rings. The van der Waals surface area contributed by atoms with E-state index in [9.17, 15) is 4.79 Å². The van der Waals surface area contributed by atoms with Gasteiger partial charge in [-0.05, 0) is 57.4 Å². The van der Waals surface area contributed by atoms with Crippen molar-refractivity contribution in [1.29, 1.82) is 0 Å². The number of hydrogen-bond acceptors (Lipinski definition) is 2. The lowest BCUT2D eigenvalue weighted by Gasteiger charge is -2.28. The van der Waals surface area contributed by atoms with Gasteiger partial charge in [-0.1, -0.05) is 22.0 Å². The topological polar surface area (TPSA) is 41.1 Å². The first kappa shape index (κ1) is 14.5. The number of carbonyl (C=O) groups is 1. The van der Waals surface area contributed by atoms with Gasteiger partial charge in [-0.25, -0.2) is 0 Å². The molecule has 104 valence electrons. The van der Waals surface area contributed by atoms with Crippen molar-refractivity contribution < 1.29 is 4.79 Å². The lowest BCUT2D eigenvalue weighted by atomic mass is 9.91. The van der Waals surface area contributed by atoms with Crippen LogP contribution in [0.5, 0.6) is 0 Å². The molecule has 0 unspecified atom stereocenters. The van der Waals surface area contributed by atoms with E-state index in [0.29, 0.717) is 12.1 Å². The highest BCUT2D eigenvalue weighted by molar-refractivity contribution is 9.10. The molecule has 1 aromatic carbocycles. The smallest absolute Gasteiger partial charge is 0.251 e. The van der Waals surface area contributed by atoms with E-state index in [1.54, 1.807) is 0 Å². The molecule has 2 rings (SSSR count). The molecular formula is C15H21BrN2O. The van der Waals surface area contributed by atoms with Gasteiger partial charge in [0.1, 0.15) is 0 Å². The monoisotopic (exact) mass is 324 g/mol. The highest BCUT2D eigenvalue weighted by atomic mass is 79.9. The Morgan fingerprint density at radius 1 is 1.21 bits per heavy atom. The summed E-state index contributed by atoms with van der Waals surface area (Å²) in [4.78, 5) is 12.2. The molecule has 1 saturated carbocycles. The van der Waals surface area contributed by atoms with Gasteiger partial charge in [0.15, 0.2) is 0 Å². The molecule has 0 saturated heterocycles. The van der Waals surface area contributed by atoms with Crippen LogP contribution in [0.3, 0.4) is 0 Å². The van der Waals surface area contributed by atoms with Crippen LogP contribution in [0.25, 0.3) is 0 Å². The van der Waals surface area contributed by atoms with Crippen molar-refractivity contribution in [3.8, 4) is 0 Å². The highest BCUT2D eigenvalue weighted by Gasteiger charge is 2.21. The molecule has 19 heavy (non-hydrogen) atoms. The fraction of sp³-hybridized carbons (Fsp3) is 0.533. The lowest BCUT2D eigenvalue weighted by Crippen LogP contribution is -2.41. The van der Waals surface area contributed by atoms with E-state index in [1.165, 1.54) is 0 Å². The quantitative estimate of drug-likeness (QED) is 0.897. The predicted molar refractivity (Wildman–Crippen MR) is 81.4 cm³/mol. The van der Waals surface area contributed by atoms with Crippen LogP contribution in [0.2, 0.25) is 0 Å². The van der Waals surface area contributed by atoms with Crippen LogP contribution >= 0.6 is 15.9 Å². The first-order valence-electron chi connectivity index (χ1n) is 6.84. The molecule has 1 fully saturated rings. The Hall–Kier alpha value is -0.870. The average Bonchev–Trinajstić information content (AvgIpc) is 2.42. The van der Waals surface area contributed by atoms with Gasteiger partial charge in [-0.15, -0.1) is 0 Å². The summed E-state index contributed by atoms with van der Waals surface area (Å²) in [6.45, 7) is 2.02. The third-order valence-electron chi connectivity index (χ3n) is 3.90. The largest absolute Gasteiger partial charge is 0.349 e. The summed E-state index contributed by atoms with van der Waals surface area (Å²) in [5.41, 5.74) is 1.87. The third-order valence-corrected chi connectivity index (χ3v) is 4.76. The van der Waals surface area contributed by atoms with Crippen molar-refractivity contribution >= 4 is 21.8 Å². The highest BCUT2D eigenvalue weighted by Crippen LogP contribution is 2.20. The molecule has 0 spiro atoms. The average molecular weight is 325 g/mol. The van der Waals surface area contributed by atoms with Crippen molar-refractivity contribution in [2.75, 3.05) is 7.05 Å². The fourth-order valence-electron chi connectivity index (χ4n) is 2.53. The molecular weight excluding hydrogens is 304 g/mol. The van der Waals surface area contributed by atoms with Crippen molar-refractivity contribution in [2.24, 2.45) is 0 Å². The second kappa shape index (κ2) is 6.53. The molecule has 2 N–H and O–H groups in total. The van der Waals surface area contributed by atoms with Crippen LogP contribution in [-0.2, 0) is 0 Å². The Morgan fingerprint density at radius 2 is 1.84 bits per heavy atom. The maximum Gasteiger partial charge on any atom is 0.251 e. The molecule has 4 heteroatoms. The molecule has 0 heterocycles. The molecule has 0 aromatic heterocycles. The van der Waals surface area contributed by atoms with Gasteiger partial charge in [0.05, 0.1) is 0 Å². The van der Waals surface area contributed by atoms with Gasteiger partial charge in [-0.3, -0.25) is 4.79 Å². The molecule has 0 bridgehead atoms. The molecule has 0 atom stereocenters. The Bertz CT molecular complexity index is 453. The zero-order chi connectivity index (χ0) is 13.8. The maximum atomic E-state index is 12.2. The van der Waals surface area contributed by atoms with Gasteiger partial charge >= 0.3 is 0 Å². The van der Waals surface area contributed by atoms with Gasteiger partial charge in [0.25, 0.3) is 5.91 Å². The van der Waals surface area contributed by atoms with Crippen molar-refractivity contribution in [1.82, 2.24) is 10.6 Å². The van der Waals surface area contributed by atoms with E-state index in [4.69, 9.17) is 0 Å². The van der Waals surface area contributed by atoms with Crippen LogP contribution in [-0.4, -0.2) is 25.0 Å². The Balaban J connectivity index is 1.92. The minimum atomic E-state index is 0.0357. The minimum Gasteiger partial charge on any atom is -0.349 e. The number of halogens is 1. The molecule has 0 radical (unpaired) electrons. The van der Waals surface area contributed by atoms with E-state index >= 15 is 0 Å². The standard InChI is InChI=1S/C15H21BrN2O/c1-10-3-4-11(9-14(10)16)15(19)18-13-7-5-12(17-2)6-8-13/h3-4,9,12-13,17H,5-8H2,1-2H3,(H,18,19). The minimum absolute atomic E-state index is 0.0357. The normalized spacial score (nSPS) is 23.1. The zero-order valence-corrected chi connectivity index (χ0v) is 13.1. The summed E-state index contributed by atoms with van der Waals surface area (Å²) in [5.74, 6) is 0.0357. The van der Waals surface area contributed by atoms with E-state index in [0.717, 1.165) is 41.3 Å². The van der Waals surface area contributed by atoms with Crippen LogP contribution < -0.4 is 10.6 Å². The van der Waals surface area contributed by atoms with Crippen molar-refractivity contribution in [3.05, 3.63) is 33.8 Å².